The molecule has 19 heavy (non-hydrogen) atoms. The highest BCUT2D eigenvalue weighted by Crippen LogP contribution is 2.25. The van der Waals surface area contributed by atoms with Gasteiger partial charge in [-0.25, -0.2) is 4.79 Å². The predicted molar refractivity (Wildman–Crippen MR) is 74.8 cm³/mol. The minimum Gasteiger partial charge on any atom is -0.480 e. The van der Waals surface area contributed by atoms with Gasteiger partial charge in [0.2, 0.25) is 5.91 Å². The Morgan fingerprint density at radius 1 is 1.21 bits per heavy atom. The molecule has 0 unspecified atom stereocenters. The third kappa shape index (κ3) is 5.62. The lowest BCUT2D eigenvalue weighted by atomic mass is 9.95. The highest BCUT2D eigenvalue weighted by molar-refractivity contribution is 5.83. The first-order valence-corrected chi connectivity index (χ1v) is 7.56. The molecule has 1 amide bonds. The fraction of sp³-hybridized carbons (Fsp3) is 0.867. The van der Waals surface area contributed by atoms with E-state index in [1.165, 1.54) is 25.7 Å². The molecule has 110 valence electrons. The molecule has 2 N–H and O–H groups in total. The third-order valence-corrected chi connectivity index (χ3v) is 4.24. The summed E-state index contributed by atoms with van der Waals surface area (Å²) in [6.07, 6.45) is 8.38. The number of nitrogens with one attached hydrogen (secondary N) is 1. The summed E-state index contributed by atoms with van der Waals surface area (Å²) in [7, 11) is 0. The molecule has 1 aliphatic rings. The fourth-order valence-electron chi connectivity index (χ4n) is 2.75. The van der Waals surface area contributed by atoms with Crippen LogP contribution in [-0.4, -0.2) is 23.0 Å². The average Bonchev–Trinajstić information content (AvgIpc) is 2.63. The lowest BCUT2D eigenvalue weighted by Crippen LogP contribution is -2.45. The average molecular weight is 269 g/mol. The summed E-state index contributed by atoms with van der Waals surface area (Å²) in [6, 6.07) is -0.747. The van der Waals surface area contributed by atoms with Gasteiger partial charge in [-0.15, -0.1) is 0 Å². The molecule has 1 rings (SSSR count). The van der Waals surface area contributed by atoms with Gasteiger partial charge < -0.3 is 10.4 Å². The normalized spacial score (nSPS) is 20.3. The first-order chi connectivity index (χ1) is 9.04. The summed E-state index contributed by atoms with van der Waals surface area (Å²) in [4.78, 5) is 23.2. The summed E-state index contributed by atoms with van der Waals surface area (Å²) in [6.45, 7) is 3.81. The van der Waals surface area contributed by atoms with Gasteiger partial charge in [-0.05, 0) is 24.7 Å². The second-order valence-corrected chi connectivity index (χ2v) is 5.83. The van der Waals surface area contributed by atoms with Crippen LogP contribution in [0.5, 0.6) is 0 Å². The predicted octanol–water partition coefficient (Wildman–Crippen LogP) is 2.96. The maximum atomic E-state index is 12.0. The Morgan fingerprint density at radius 2 is 1.79 bits per heavy atom. The van der Waals surface area contributed by atoms with E-state index in [9.17, 15) is 9.59 Å². The van der Waals surface area contributed by atoms with E-state index in [1.54, 1.807) is 0 Å². The van der Waals surface area contributed by atoms with Gasteiger partial charge in [0, 0.05) is 6.42 Å². The summed E-state index contributed by atoms with van der Waals surface area (Å²) in [5.41, 5.74) is 0. The first-order valence-electron chi connectivity index (χ1n) is 7.56. The highest BCUT2D eigenvalue weighted by Gasteiger charge is 2.26. The number of carbonyl (C=O) groups is 2. The zero-order valence-corrected chi connectivity index (χ0v) is 12.2. The molecule has 4 nitrogen and oxygen atoms in total. The number of amides is 1. The van der Waals surface area contributed by atoms with Crippen LogP contribution in [0.25, 0.3) is 0 Å². The monoisotopic (exact) mass is 269 g/mol. The number of hydrogen-bond acceptors (Lipinski definition) is 2. The SMILES string of the molecule is CC[C@H](C)[C@H](NC(=O)CC1CCCCCC1)C(=O)O. The van der Waals surface area contributed by atoms with E-state index < -0.39 is 12.0 Å². The molecule has 4 heteroatoms. The van der Waals surface area contributed by atoms with Crippen molar-refractivity contribution in [1.29, 1.82) is 0 Å². The van der Waals surface area contributed by atoms with Crippen molar-refractivity contribution in [2.45, 2.75) is 71.3 Å². The van der Waals surface area contributed by atoms with Crippen molar-refractivity contribution in [2.24, 2.45) is 11.8 Å². The molecule has 0 aromatic heterocycles. The van der Waals surface area contributed by atoms with Crippen molar-refractivity contribution in [3.05, 3.63) is 0 Å². The molecule has 0 bridgehead atoms. The maximum Gasteiger partial charge on any atom is 0.326 e. The Bertz CT molecular complexity index is 296. The molecule has 2 atom stereocenters. The van der Waals surface area contributed by atoms with E-state index in [0.717, 1.165) is 19.3 Å². The molecule has 0 saturated heterocycles. The van der Waals surface area contributed by atoms with Gasteiger partial charge in [0.25, 0.3) is 0 Å². The smallest absolute Gasteiger partial charge is 0.326 e. The van der Waals surface area contributed by atoms with Crippen molar-refractivity contribution in [3.8, 4) is 0 Å². The van der Waals surface area contributed by atoms with E-state index in [2.05, 4.69) is 5.32 Å². The van der Waals surface area contributed by atoms with Gasteiger partial charge in [-0.2, -0.15) is 0 Å². The van der Waals surface area contributed by atoms with Crippen molar-refractivity contribution in [1.82, 2.24) is 5.32 Å². The van der Waals surface area contributed by atoms with Crippen LogP contribution >= 0.6 is 0 Å². The second kappa shape index (κ2) is 8.18. The van der Waals surface area contributed by atoms with Crippen LogP contribution in [-0.2, 0) is 9.59 Å². The Kier molecular flexibility index (Phi) is 6.89. The molecule has 0 heterocycles. The van der Waals surface area contributed by atoms with Crippen LogP contribution in [0.4, 0.5) is 0 Å². The zero-order valence-electron chi connectivity index (χ0n) is 12.2. The number of hydrogen-bond donors (Lipinski definition) is 2. The lowest BCUT2D eigenvalue weighted by Gasteiger charge is -2.21. The summed E-state index contributed by atoms with van der Waals surface area (Å²) >= 11 is 0. The van der Waals surface area contributed by atoms with Gasteiger partial charge in [0.15, 0.2) is 0 Å². The van der Waals surface area contributed by atoms with Gasteiger partial charge in [-0.1, -0.05) is 46.0 Å². The molecule has 1 fully saturated rings. The number of aliphatic carboxylic acids is 1. The summed E-state index contributed by atoms with van der Waals surface area (Å²) in [5, 5.41) is 11.9. The Morgan fingerprint density at radius 3 is 2.26 bits per heavy atom. The largest absolute Gasteiger partial charge is 0.480 e. The van der Waals surface area contributed by atoms with Crippen molar-refractivity contribution in [2.75, 3.05) is 0 Å². The Balaban J connectivity index is 2.45. The zero-order chi connectivity index (χ0) is 14.3. The van der Waals surface area contributed by atoms with Crippen LogP contribution in [0, 0.1) is 11.8 Å². The fourth-order valence-corrected chi connectivity index (χ4v) is 2.75. The van der Waals surface area contributed by atoms with Crippen LogP contribution in [0.3, 0.4) is 0 Å². The number of carboxylic acid groups (broad SMARTS) is 1. The van der Waals surface area contributed by atoms with E-state index >= 15 is 0 Å². The van der Waals surface area contributed by atoms with Crippen molar-refractivity contribution >= 4 is 11.9 Å². The second-order valence-electron chi connectivity index (χ2n) is 5.83. The molecular formula is C15H27NO3. The van der Waals surface area contributed by atoms with Gasteiger partial charge in [0.05, 0.1) is 0 Å². The van der Waals surface area contributed by atoms with Gasteiger partial charge in [0.1, 0.15) is 6.04 Å². The molecule has 1 saturated carbocycles. The molecule has 0 radical (unpaired) electrons. The Hall–Kier alpha value is -1.06. The molecule has 0 aromatic rings. The minimum atomic E-state index is -0.927. The first kappa shape index (κ1) is 16.0. The standard InChI is InChI=1S/C15H27NO3/c1-3-11(2)14(15(18)19)16-13(17)10-12-8-6-4-5-7-9-12/h11-12,14H,3-10H2,1-2H3,(H,16,17)(H,18,19)/t11-,14-/m0/s1. The van der Waals surface area contributed by atoms with Crippen molar-refractivity contribution in [3.63, 3.8) is 0 Å². The number of carbonyl (C=O) groups excluding carboxylic acids is 1. The van der Waals surface area contributed by atoms with Crippen LogP contribution in [0.1, 0.15) is 65.2 Å². The van der Waals surface area contributed by atoms with Gasteiger partial charge >= 0.3 is 5.97 Å². The minimum absolute atomic E-state index is 0.0319. The number of rotatable bonds is 6. The molecule has 0 aliphatic heterocycles. The van der Waals surface area contributed by atoms with Gasteiger partial charge in [-0.3, -0.25) is 4.79 Å². The van der Waals surface area contributed by atoms with Crippen LogP contribution in [0.2, 0.25) is 0 Å². The maximum absolute atomic E-state index is 12.0. The van der Waals surface area contributed by atoms with E-state index in [-0.39, 0.29) is 11.8 Å². The Labute approximate surface area is 116 Å². The molecule has 1 aliphatic carbocycles. The van der Waals surface area contributed by atoms with E-state index in [0.29, 0.717) is 12.3 Å². The lowest BCUT2D eigenvalue weighted by molar-refractivity contribution is -0.143. The topological polar surface area (TPSA) is 66.4 Å². The van der Waals surface area contributed by atoms with E-state index in [1.807, 2.05) is 13.8 Å². The summed E-state index contributed by atoms with van der Waals surface area (Å²) < 4.78 is 0. The highest BCUT2D eigenvalue weighted by atomic mass is 16.4. The van der Waals surface area contributed by atoms with Crippen molar-refractivity contribution < 1.29 is 14.7 Å². The molecule has 0 aromatic carbocycles. The third-order valence-electron chi connectivity index (χ3n) is 4.24. The number of carboxylic acids is 1. The summed E-state index contributed by atoms with van der Waals surface area (Å²) in [5.74, 6) is -0.618. The molecular weight excluding hydrogens is 242 g/mol. The van der Waals surface area contributed by atoms with E-state index in [4.69, 9.17) is 5.11 Å². The van der Waals surface area contributed by atoms with Crippen LogP contribution < -0.4 is 5.32 Å². The van der Waals surface area contributed by atoms with Crippen LogP contribution in [0.15, 0.2) is 0 Å². The molecule has 0 spiro atoms. The quantitative estimate of drug-likeness (QED) is 0.728.